The molecule has 0 aliphatic rings. The van der Waals surface area contributed by atoms with Crippen LogP contribution in [0.3, 0.4) is 0 Å². The molecule has 0 aliphatic heterocycles. The fourth-order valence-corrected chi connectivity index (χ4v) is 2.39. The summed E-state index contributed by atoms with van der Waals surface area (Å²) in [6.07, 6.45) is 1.44. The number of hydrogen-bond donors (Lipinski definition) is 1. The van der Waals surface area contributed by atoms with E-state index in [1.807, 2.05) is 0 Å². The predicted molar refractivity (Wildman–Crippen MR) is 88.6 cm³/mol. The molecule has 5 nitrogen and oxygen atoms in total. The van der Waals surface area contributed by atoms with Crippen LogP contribution in [-0.2, 0) is 6.54 Å². The molecule has 3 rings (SSSR count). The van der Waals surface area contributed by atoms with Gasteiger partial charge < -0.3 is 5.32 Å². The normalized spacial score (nSPS) is 10.7. The molecule has 0 saturated heterocycles. The first-order valence-corrected chi connectivity index (χ1v) is 7.73. The van der Waals surface area contributed by atoms with Gasteiger partial charge in [-0.15, -0.1) is 5.10 Å². The highest BCUT2D eigenvalue weighted by Crippen LogP contribution is 2.16. The number of amides is 1. The minimum Gasteiger partial charge on any atom is -0.347 e. The van der Waals surface area contributed by atoms with Gasteiger partial charge in [-0.25, -0.2) is 13.5 Å². The van der Waals surface area contributed by atoms with Gasteiger partial charge in [0.1, 0.15) is 11.6 Å². The number of nitrogens with one attached hydrogen (secondary N) is 1. The zero-order chi connectivity index (χ0) is 18.0. The van der Waals surface area contributed by atoms with Crippen molar-refractivity contribution in [3.63, 3.8) is 0 Å². The minimum absolute atomic E-state index is 0.00984. The van der Waals surface area contributed by atoms with Crippen LogP contribution in [0.4, 0.5) is 8.78 Å². The van der Waals surface area contributed by atoms with E-state index in [1.54, 1.807) is 19.1 Å². The van der Waals surface area contributed by atoms with Crippen LogP contribution in [0.5, 0.6) is 0 Å². The molecule has 0 bridgehead atoms. The fraction of sp³-hybridized carbons (Fsp3) is 0.118. The second-order valence-corrected chi connectivity index (χ2v) is 5.82. The summed E-state index contributed by atoms with van der Waals surface area (Å²) in [5.41, 5.74) is 1.82. The van der Waals surface area contributed by atoms with Gasteiger partial charge in [0.25, 0.3) is 5.91 Å². The number of carbonyl (C=O) groups excluding carboxylic acids is 1. The van der Waals surface area contributed by atoms with E-state index >= 15 is 0 Å². The number of aryl methyl sites for hydroxylation is 1. The van der Waals surface area contributed by atoms with E-state index in [4.69, 9.17) is 11.6 Å². The molecule has 8 heteroatoms. The number of benzene rings is 2. The van der Waals surface area contributed by atoms with Crippen LogP contribution in [0.1, 0.15) is 21.6 Å². The second kappa shape index (κ2) is 6.98. The molecule has 1 aromatic heterocycles. The van der Waals surface area contributed by atoms with Crippen molar-refractivity contribution in [3.05, 3.63) is 76.1 Å². The molecular weight excluding hydrogens is 350 g/mol. The van der Waals surface area contributed by atoms with Crippen LogP contribution in [0.25, 0.3) is 5.69 Å². The van der Waals surface area contributed by atoms with Crippen molar-refractivity contribution < 1.29 is 13.6 Å². The molecule has 0 fully saturated rings. The second-order valence-electron chi connectivity index (χ2n) is 5.41. The van der Waals surface area contributed by atoms with Gasteiger partial charge in [0.05, 0.1) is 16.9 Å². The monoisotopic (exact) mass is 362 g/mol. The van der Waals surface area contributed by atoms with Gasteiger partial charge in [-0.05, 0) is 48.4 Å². The van der Waals surface area contributed by atoms with Crippen molar-refractivity contribution in [2.45, 2.75) is 13.5 Å². The third kappa shape index (κ3) is 3.83. The summed E-state index contributed by atoms with van der Waals surface area (Å²) in [5.74, 6) is -1.28. The molecule has 1 amide bonds. The molecule has 0 aliphatic carbocycles. The summed E-state index contributed by atoms with van der Waals surface area (Å²) in [5, 5.41) is 10.3. The number of rotatable bonds is 4. The number of hydrogen-bond acceptors (Lipinski definition) is 3. The molecule has 0 atom stereocenters. The molecule has 0 spiro atoms. The average molecular weight is 363 g/mol. The van der Waals surface area contributed by atoms with Crippen molar-refractivity contribution in [1.82, 2.24) is 20.3 Å². The maximum atomic E-state index is 13.3. The van der Waals surface area contributed by atoms with Gasteiger partial charge in [0.15, 0.2) is 5.69 Å². The molecule has 0 unspecified atom stereocenters. The summed E-state index contributed by atoms with van der Waals surface area (Å²) in [6.45, 7) is 1.80. The number of carbonyl (C=O) groups is 1. The lowest BCUT2D eigenvalue weighted by atomic mass is 10.2. The topological polar surface area (TPSA) is 59.8 Å². The molecule has 0 saturated carbocycles. The summed E-state index contributed by atoms with van der Waals surface area (Å²) in [7, 11) is 0. The van der Waals surface area contributed by atoms with E-state index in [9.17, 15) is 13.6 Å². The SMILES string of the molecule is Cc1cc(-n2cc(C(=O)NCc3ccc(F)c(Cl)c3)nn2)ccc1F. The van der Waals surface area contributed by atoms with Gasteiger partial charge in [-0.3, -0.25) is 4.79 Å². The maximum Gasteiger partial charge on any atom is 0.273 e. The van der Waals surface area contributed by atoms with E-state index in [0.29, 0.717) is 16.8 Å². The lowest BCUT2D eigenvalue weighted by molar-refractivity contribution is 0.0946. The standard InChI is InChI=1S/C17H13ClF2N4O/c1-10-6-12(3-5-14(10)19)24-9-16(22-23-24)17(25)21-8-11-2-4-15(20)13(18)7-11/h2-7,9H,8H2,1H3,(H,21,25). The van der Waals surface area contributed by atoms with E-state index in [2.05, 4.69) is 15.6 Å². The lowest BCUT2D eigenvalue weighted by Gasteiger charge is -2.04. The fourth-order valence-electron chi connectivity index (χ4n) is 2.19. The molecule has 1 N–H and O–H groups in total. The number of nitrogens with zero attached hydrogens (tertiary/aromatic N) is 3. The molecule has 3 aromatic rings. The molecule has 1 heterocycles. The molecular formula is C17H13ClF2N4O. The highest BCUT2D eigenvalue weighted by Gasteiger charge is 2.12. The minimum atomic E-state index is -0.519. The van der Waals surface area contributed by atoms with Crippen LogP contribution in [-0.4, -0.2) is 20.9 Å². The number of halogens is 3. The van der Waals surface area contributed by atoms with E-state index in [-0.39, 0.29) is 23.1 Å². The number of aromatic nitrogens is 3. The Bertz CT molecular complexity index is 942. The van der Waals surface area contributed by atoms with Crippen LogP contribution in [0.2, 0.25) is 5.02 Å². The van der Waals surface area contributed by atoms with Crippen molar-refractivity contribution in [3.8, 4) is 5.69 Å². The maximum absolute atomic E-state index is 13.3. The summed E-state index contributed by atoms with van der Waals surface area (Å²) < 4.78 is 27.8. The van der Waals surface area contributed by atoms with Crippen LogP contribution in [0, 0.1) is 18.6 Å². The Morgan fingerprint density at radius 1 is 1.20 bits per heavy atom. The van der Waals surface area contributed by atoms with Gasteiger partial charge in [0.2, 0.25) is 0 Å². The Labute approximate surface area is 147 Å². The van der Waals surface area contributed by atoms with E-state index in [1.165, 1.54) is 35.1 Å². The van der Waals surface area contributed by atoms with Crippen molar-refractivity contribution in [1.29, 1.82) is 0 Å². The molecule has 25 heavy (non-hydrogen) atoms. The molecule has 128 valence electrons. The van der Waals surface area contributed by atoms with Crippen molar-refractivity contribution in [2.24, 2.45) is 0 Å². The smallest absolute Gasteiger partial charge is 0.273 e. The van der Waals surface area contributed by atoms with Crippen LogP contribution >= 0.6 is 11.6 Å². The van der Waals surface area contributed by atoms with Crippen LogP contribution < -0.4 is 5.32 Å². The highest BCUT2D eigenvalue weighted by atomic mass is 35.5. The average Bonchev–Trinajstić information content (AvgIpc) is 3.08. The zero-order valence-corrected chi connectivity index (χ0v) is 13.9. The van der Waals surface area contributed by atoms with E-state index < -0.39 is 11.7 Å². The Morgan fingerprint density at radius 3 is 2.68 bits per heavy atom. The summed E-state index contributed by atoms with van der Waals surface area (Å²) in [4.78, 5) is 12.1. The Kier molecular flexibility index (Phi) is 4.76. The molecule has 0 radical (unpaired) electrons. The largest absolute Gasteiger partial charge is 0.347 e. The Hall–Kier alpha value is -2.80. The van der Waals surface area contributed by atoms with Gasteiger partial charge in [-0.2, -0.15) is 0 Å². The van der Waals surface area contributed by atoms with Gasteiger partial charge in [-0.1, -0.05) is 22.9 Å². The summed E-state index contributed by atoms with van der Waals surface area (Å²) >= 11 is 5.70. The first-order valence-electron chi connectivity index (χ1n) is 7.35. The zero-order valence-electron chi connectivity index (χ0n) is 13.1. The quantitative estimate of drug-likeness (QED) is 0.773. The predicted octanol–water partition coefficient (Wildman–Crippen LogP) is 3.44. The Morgan fingerprint density at radius 2 is 1.96 bits per heavy atom. The molecule has 2 aromatic carbocycles. The van der Waals surface area contributed by atoms with Gasteiger partial charge in [0, 0.05) is 6.54 Å². The van der Waals surface area contributed by atoms with Gasteiger partial charge >= 0.3 is 0 Å². The van der Waals surface area contributed by atoms with Crippen molar-refractivity contribution in [2.75, 3.05) is 0 Å². The first kappa shape index (κ1) is 17.0. The lowest BCUT2D eigenvalue weighted by Crippen LogP contribution is -2.23. The third-order valence-corrected chi connectivity index (χ3v) is 3.86. The van der Waals surface area contributed by atoms with Crippen molar-refractivity contribution >= 4 is 17.5 Å². The highest BCUT2D eigenvalue weighted by molar-refractivity contribution is 6.30. The van der Waals surface area contributed by atoms with E-state index in [0.717, 1.165) is 0 Å². The third-order valence-electron chi connectivity index (χ3n) is 3.57. The van der Waals surface area contributed by atoms with Crippen LogP contribution in [0.15, 0.2) is 42.6 Å². The summed E-state index contributed by atoms with van der Waals surface area (Å²) in [6, 6.07) is 8.67. The first-order chi connectivity index (χ1) is 11.9. The Balaban J connectivity index is 1.69.